The van der Waals surface area contributed by atoms with Crippen LogP contribution in [0.3, 0.4) is 0 Å². The van der Waals surface area contributed by atoms with Gasteiger partial charge in [0.2, 0.25) is 17.7 Å². The Balaban J connectivity index is 0.000000175. The molecule has 9 rings (SSSR count). The Morgan fingerprint density at radius 1 is 0.383 bits per heavy atom. The molecule has 6 aromatic carbocycles. The number of halogens is 15. The van der Waals surface area contributed by atoms with Crippen molar-refractivity contribution in [1.82, 2.24) is 0 Å². The van der Waals surface area contributed by atoms with Gasteiger partial charge in [0.1, 0.15) is 49.3 Å². The number of carbonyl (C=O) groups is 6. The molecule has 3 N–H and O–H groups in total. The van der Waals surface area contributed by atoms with Gasteiger partial charge in [0, 0.05) is 54.1 Å². The molecule has 6 aromatic rings. The second-order valence-corrected chi connectivity index (χ2v) is 25.7. The molecule has 5 unspecified atom stereocenters. The van der Waals surface area contributed by atoms with Crippen LogP contribution in [0.15, 0.2) is 109 Å². The number of alkyl halides is 6. The summed E-state index contributed by atoms with van der Waals surface area (Å²) >= 11 is 73.7. The number of aryl methyl sites for hydroxylation is 3. The fourth-order valence-corrected chi connectivity index (χ4v) is 12.6. The lowest BCUT2D eigenvalue weighted by Crippen LogP contribution is -2.17. The van der Waals surface area contributed by atoms with E-state index < -0.39 is 66.0 Å². The second kappa shape index (κ2) is 27.4. The summed E-state index contributed by atoms with van der Waals surface area (Å²) in [5.74, 6) is -5.85. The van der Waals surface area contributed by atoms with E-state index in [0.717, 1.165) is 0 Å². The molecule has 0 aromatic heterocycles. The molecular formula is C57H42Cl12F3N3O6. The SMILES string of the molecule is O=CCCc1cc(NC(=O)C2C(c3ccc(Cl)c(Cl)c3)C2(Cl)Cl)ccc1F.O=CCCc1cc(NC(=O)C2C(c3ccc(Cl)c(Cl)c3)C2(Cl)Cl)ccc1F.O=CCCc1cc(NC(=O)C2[C@H](c3ccc(Cl)c(Cl)c3)C2(Cl)Cl)ccc1F. The first-order valence-corrected chi connectivity index (χ1v) is 28.9. The Bertz CT molecular complexity index is 3060. The lowest BCUT2D eigenvalue weighted by Gasteiger charge is -2.08. The van der Waals surface area contributed by atoms with Gasteiger partial charge in [-0.15, -0.1) is 69.6 Å². The van der Waals surface area contributed by atoms with Crippen molar-refractivity contribution in [2.75, 3.05) is 16.0 Å². The molecule has 0 spiro atoms. The zero-order chi connectivity index (χ0) is 59.3. The van der Waals surface area contributed by atoms with Gasteiger partial charge in [-0.1, -0.05) is 87.8 Å². The van der Waals surface area contributed by atoms with Crippen LogP contribution < -0.4 is 16.0 Å². The van der Waals surface area contributed by atoms with E-state index in [2.05, 4.69) is 16.0 Å². The average molecular weight is 1350 g/mol. The van der Waals surface area contributed by atoms with Crippen LogP contribution in [0.4, 0.5) is 30.2 Å². The van der Waals surface area contributed by atoms with Gasteiger partial charge in [0.15, 0.2) is 0 Å². The van der Waals surface area contributed by atoms with E-state index in [9.17, 15) is 41.9 Å². The Morgan fingerprint density at radius 2 is 0.630 bits per heavy atom. The summed E-state index contributed by atoms with van der Waals surface area (Å²) in [5, 5.41) is 10.4. The Morgan fingerprint density at radius 3 is 0.852 bits per heavy atom. The quantitative estimate of drug-likeness (QED) is 0.0579. The van der Waals surface area contributed by atoms with Crippen molar-refractivity contribution in [1.29, 1.82) is 0 Å². The number of hydrogen-bond donors (Lipinski definition) is 3. The van der Waals surface area contributed by atoms with Crippen LogP contribution in [0.25, 0.3) is 0 Å². The maximum Gasteiger partial charge on any atom is 0.231 e. The highest BCUT2D eigenvalue weighted by atomic mass is 35.5. The number of hydrogen-bond acceptors (Lipinski definition) is 6. The average Bonchev–Trinajstić information content (AvgIpc) is 4.19. The normalized spacial score (nSPS) is 20.2. The number of rotatable bonds is 18. The van der Waals surface area contributed by atoms with Gasteiger partial charge in [0.25, 0.3) is 0 Å². The molecule has 426 valence electrons. The van der Waals surface area contributed by atoms with Crippen molar-refractivity contribution < 1.29 is 41.9 Å². The highest BCUT2D eigenvalue weighted by molar-refractivity contribution is 6.55. The monoisotopic (exact) mass is 1340 g/mol. The van der Waals surface area contributed by atoms with Crippen molar-refractivity contribution in [2.45, 2.75) is 69.3 Å². The lowest BCUT2D eigenvalue weighted by molar-refractivity contribution is -0.118. The summed E-state index contributed by atoms with van der Waals surface area (Å²) in [6, 6.07) is 27.5. The van der Waals surface area contributed by atoms with Crippen molar-refractivity contribution in [3.05, 3.63) is 190 Å². The van der Waals surface area contributed by atoms with Crippen LogP contribution in [-0.2, 0) is 48.0 Å². The highest BCUT2D eigenvalue weighted by Crippen LogP contribution is 2.67. The first-order chi connectivity index (χ1) is 38.3. The molecule has 0 aliphatic heterocycles. The fraction of sp³-hybridized carbons (Fsp3) is 0.263. The summed E-state index contributed by atoms with van der Waals surface area (Å²) in [6.07, 6.45) is 3.49. The van der Waals surface area contributed by atoms with Gasteiger partial charge >= 0.3 is 0 Å². The molecule has 3 aliphatic rings. The largest absolute Gasteiger partial charge is 0.326 e. The number of amides is 3. The van der Waals surface area contributed by atoms with E-state index >= 15 is 0 Å². The summed E-state index contributed by atoms with van der Waals surface area (Å²) < 4.78 is 37.5. The number of anilines is 3. The van der Waals surface area contributed by atoms with Crippen molar-refractivity contribution in [3.8, 4) is 0 Å². The zero-order valence-corrected chi connectivity index (χ0v) is 50.5. The summed E-state index contributed by atoms with van der Waals surface area (Å²) in [6.45, 7) is 0. The molecule has 81 heavy (non-hydrogen) atoms. The molecule has 0 bridgehead atoms. The van der Waals surface area contributed by atoms with Gasteiger partial charge in [-0.3, -0.25) is 14.4 Å². The lowest BCUT2D eigenvalue weighted by atomic mass is 10.1. The minimum atomic E-state index is -1.28. The maximum atomic E-state index is 13.8. The van der Waals surface area contributed by atoms with Crippen molar-refractivity contribution in [3.63, 3.8) is 0 Å². The third kappa shape index (κ3) is 15.5. The van der Waals surface area contributed by atoms with Gasteiger partial charge in [-0.25, -0.2) is 13.2 Å². The van der Waals surface area contributed by atoms with E-state index in [4.69, 9.17) is 139 Å². The highest BCUT2D eigenvalue weighted by Gasteiger charge is 2.69. The molecule has 9 nitrogen and oxygen atoms in total. The standard InChI is InChI=1S/3C19H14Cl4FNO2/c3*20-13-5-3-11(9-14(13)21)16-17(19(16,22)23)18(27)25-12-4-6-15(24)10(8-12)2-1-7-26/h3*3-9,16-17H,1-2H2,(H,25,27)/t16-,17?;;/m0../s1. The molecule has 6 atom stereocenters. The van der Waals surface area contributed by atoms with Gasteiger partial charge in [0.05, 0.1) is 47.9 Å². The van der Waals surface area contributed by atoms with Gasteiger partial charge in [-0.2, -0.15) is 0 Å². The van der Waals surface area contributed by atoms with Crippen molar-refractivity contribution in [2.24, 2.45) is 17.8 Å². The molecule has 0 radical (unpaired) electrons. The summed E-state index contributed by atoms with van der Waals surface area (Å²) in [5.41, 5.74) is 4.39. The third-order valence-corrected chi connectivity index (χ3v) is 18.5. The molecule has 3 saturated carbocycles. The van der Waals surface area contributed by atoms with E-state index in [0.29, 0.717) is 99.4 Å². The number of carbonyl (C=O) groups excluding carboxylic acids is 6. The van der Waals surface area contributed by atoms with E-state index in [-0.39, 0.29) is 56.2 Å². The van der Waals surface area contributed by atoms with Crippen LogP contribution >= 0.6 is 139 Å². The van der Waals surface area contributed by atoms with Crippen LogP contribution in [0.2, 0.25) is 30.1 Å². The third-order valence-electron chi connectivity index (χ3n) is 13.5. The maximum absolute atomic E-state index is 13.8. The van der Waals surface area contributed by atoms with Gasteiger partial charge < -0.3 is 30.3 Å². The van der Waals surface area contributed by atoms with Crippen LogP contribution in [0.5, 0.6) is 0 Å². The number of nitrogens with one attached hydrogen (secondary N) is 3. The molecule has 3 amide bonds. The zero-order valence-electron chi connectivity index (χ0n) is 41.5. The fourth-order valence-electron chi connectivity index (χ4n) is 9.16. The first-order valence-electron chi connectivity index (χ1n) is 24.3. The van der Waals surface area contributed by atoms with Crippen LogP contribution in [-0.4, -0.2) is 49.6 Å². The smallest absolute Gasteiger partial charge is 0.231 e. The Hall–Kier alpha value is -3.99. The summed E-state index contributed by atoms with van der Waals surface area (Å²) in [7, 11) is 0. The molecule has 0 saturated heterocycles. The van der Waals surface area contributed by atoms with Gasteiger partial charge in [-0.05, 0) is 144 Å². The molecule has 3 fully saturated rings. The predicted octanol–water partition coefficient (Wildman–Crippen LogP) is 17.4. The Labute approximate surface area is 523 Å². The van der Waals surface area contributed by atoms with E-state index in [1.807, 2.05) is 0 Å². The minimum absolute atomic E-state index is 0.197. The molecule has 24 heteroatoms. The minimum Gasteiger partial charge on any atom is -0.326 e. The summed E-state index contributed by atoms with van der Waals surface area (Å²) in [4.78, 5) is 69.4. The number of benzene rings is 6. The second-order valence-electron chi connectivity index (χ2n) is 18.9. The van der Waals surface area contributed by atoms with Crippen LogP contribution in [0, 0.1) is 35.2 Å². The number of aldehydes is 3. The molecule has 3 aliphatic carbocycles. The van der Waals surface area contributed by atoms with Crippen LogP contribution in [0.1, 0.15) is 70.4 Å². The Kier molecular flexibility index (Phi) is 21.8. The molecule has 0 heterocycles. The van der Waals surface area contributed by atoms with E-state index in [1.54, 1.807) is 54.6 Å². The first kappa shape index (κ1) is 64.6. The molecular weight excluding hydrogens is 1310 g/mol. The van der Waals surface area contributed by atoms with E-state index in [1.165, 1.54) is 54.6 Å². The van der Waals surface area contributed by atoms with Crippen molar-refractivity contribution >= 4 is 193 Å². The topological polar surface area (TPSA) is 139 Å². The predicted molar refractivity (Wildman–Crippen MR) is 320 cm³/mol.